The average molecular weight is 311 g/mol. The van der Waals surface area contributed by atoms with Crippen molar-refractivity contribution in [3.8, 4) is 0 Å². The lowest BCUT2D eigenvalue weighted by molar-refractivity contribution is 0.102. The van der Waals surface area contributed by atoms with Crippen LogP contribution in [0.5, 0.6) is 0 Å². The summed E-state index contributed by atoms with van der Waals surface area (Å²) in [6.07, 6.45) is 0. The van der Waals surface area contributed by atoms with Crippen LogP contribution in [0.1, 0.15) is 16.1 Å². The quantitative estimate of drug-likeness (QED) is 0.490. The third-order valence-corrected chi connectivity index (χ3v) is 2.76. The number of aromatic nitrogens is 1. The van der Waals surface area contributed by atoms with Crippen LogP contribution < -0.4 is 22.5 Å². The van der Waals surface area contributed by atoms with Gasteiger partial charge in [-0.1, -0.05) is 18.2 Å². The zero-order valence-electron chi connectivity index (χ0n) is 12.5. The number of guanidine groups is 2. The molecule has 0 atom stereocenters. The van der Waals surface area contributed by atoms with Crippen molar-refractivity contribution in [1.82, 2.24) is 4.98 Å². The Bertz CT molecular complexity index is 779. The molecule has 0 fully saturated rings. The van der Waals surface area contributed by atoms with Crippen LogP contribution in [-0.2, 0) is 0 Å². The van der Waals surface area contributed by atoms with Gasteiger partial charge in [-0.15, -0.1) is 0 Å². The van der Waals surface area contributed by atoms with Gasteiger partial charge in [-0.2, -0.15) is 4.99 Å². The van der Waals surface area contributed by atoms with E-state index in [1.807, 2.05) is 13.0 Å². The first kappa shape index (κ1) is 16.0. The fraction of sp³-hybridized carbons (Fsp3) is 0.0667. The van der Waals surface area contributed by atoms with Crippen LogP contribution in [0.25, 0.3) is 0 Å². The largest absolute Gasteiger partial charge is 0.370 e. The first-order chi connectivity index (χ1) is 11.0. The number of para-hydroxylation sites is 1. The van der Waals surface area contributed by atoms with E-state index in [4.69, 9.17) is 17.2 Å². The molecule has 0 unspecified atom stereocenters. The highest BCUT2D eigenvalue weighted by Gasteiger charge is 2.12. The van der Waals surface area contributed by atoms with Gasteiger partial charge < -0.3 is 22.5 Å². The number of carbonyl (C=O) groups excluding carboxylic acids is 1. The highest BCUT2D eigenvalue weighted by Crippen LogP contribution is 2.20. The first-order valence-corrected chi connectivity index (χ1v) is 6.73. The van der Waals surface area contributed by atoms with Crippen molar-refractivity contribution in [3.63, 3.8) is 0 Å². The fourth-order valence-electron chi connectivity index (χ4n) is 1.84. The van der Waals surface area contributed by atoms with Crippen LogP contribution in [0.2, 0.25) is 0 Å². The van der Waals surface area contributed by atoms with E-state index in [9.17, 15) is 4.79 Å². The lowest BCUT2D eigenvalue weighted by atomic mass is 10.1. The van der Waals surface area contributed by atoms with Gasteiger partial charge in [-0.25, -0.2) is 9.98 Å². The van der Waals surface area contributed by atoms with Crippen LogP contribution in [0, 0.1) is 6.92 Å². The van der Waals surface area contributed by atoms with Crippen molar-refractivity contribution in [2.24, 2.45) is 27.2 Å². The zero-order chi connectivity index (χ0) is 16.8. The number of nitrogens with one attached hydrogen (secondary N) is 1. The summed E-state index contributed by atoms with van der Waals surface area (Å²) >= 11 is 0. The van der Waals surface area contributed by atoms with Crippen molar-refractivity contribution in [1.29, 1.82) is 0 Å². The topological polar surface area (TPSA) is 145 Å². The van der Waals surface area contributed by atoms with E-state index < -0.39 is 0 Å². The predicted octanol–water partition coefficient (Wildman–Crippen LogP) is 0.862. The molecule has 0 aliphatic heterocycles. The standard InChI is InChI=1S/C15H17N7O/c1-9-5-4-8-12(19-9)21-13(23)10-6-2-3-7-11(10)20-15(18)22-14(16)17/h2-8H,1H3,(H,19,21,23)(H6,16,17,18,20,22). The van der Waals surface area contributed by atoms with Gasteiger partial charge in [0.1, 0.15) is 5.82 Å². The Morgan fingerprint density at radius 1 is 1.09 bits per heavy atom. The summed E-state index contributed by atoms with van der Waals surface area (Å²) in [7, 11) is 0. The summed E-state index contributed by atoms with van der Waals surface area (Å²) in [5.41, 5.74) is 17.6. The van der Waals surface area contributed by atoms with Gasteiger partial charge >= 0.3 is 0 Å². The molecule has 1 aromatic heterocycles. The minimum Gasteiger partial charge on any atom is -0.370 e. The lowest BCUT2D eigenvalue weighted by Crippen LogP contribution is -2.26. The van der Waals surface area contributed by atoms with E-state index >= 15 is 0 Å². The second kappa shape index (κ2) is 7.03. The SMILES string of the molecule is Cc1cccc(NC(=O)c2ccccc2N=C(N)N=C(N)N)n1. The molecule has 7 N–H and O–H groups in total. The maximum absolute atomic E-state index is 12.4. The second-order valence-corrected chi connectivity index (χ2v) is 4.64. The normalized spacial score (nSPS) is 10.9. The molecule has 1 amide bonds. The number of nitrogens with two attached hydrogens (primary N) is 3. The van der Waals surface area contributed by atoms with Gasteiger partial charge in [0.05, 0.1) is 11.3 Å². The van der Waals surface area contributed by atoms with E-state index in [1.165, 1.54) is 0 Å². The molecule has 0 bridgehead atoms. The molecule has 0 aliphatic rings. The molecule has 2 aromatic rings. The van der Waals surface area contributed by atoms with Gasteiger partial charge in [0.25, 0.3) is 5.91 Å². The predicted molar refractivity (Wildman–Crippen MR) is 90.5 cm³/mol. The van der Waals surface area contributed by atoms with Crippen molar-refractivity contribution >= 4 is 29.3 Å². The number of nitrogens with zero attached hydrogens (tertiary/aromatic N) is 3. The summed E-state index contributed by atoms with van der Waals surface area (Å²) in [5, 5.41) is 2.71. The molecule has 8 heteroatoms. The molecule has 1 aromatic carbocycles. The summed E-state index contributed by atoms with van der Waals surface area (Å²) in [5.74, 6) is -0.262. The molecule has 23 heavy (non-hydrogen) atoms. The molecule has 0 aliphatic carbocycles. The van der Waals surface area contributed by atoms with Crippen LogP contribution >= 0.6 is 0 Å². The Morgan fingerprint density at radius 2 is 1.83 bits per heavy atom. The first-order valence-electron chi connectivity index (χ1n) is 6.73. The zero-order valence-corrected chi connectivity index (χ0v) is 12.5. The molecular weight excluding hydrogens is 294 g/mol. The Balaban J connectivity index is 2.29. The van der Waals surface area contributed by atoms with E-state index in [1.54, 1.807) is 36.4 Å². The number of amides is 1. The number of carbonyl (C=O) groups is 1. The molecule has 0 saturated carbocycles. The number of hydrogen-bond donors (Lipinski definition) is 4. The number of aliphatic imine (C=N–C) groups is 2. The van der Waals surface area contributed by atoms with Crippen LogP contribution in [0.4, 0.5) is 11.5 Å². The third kappa shape index (κ3) is 4.53. The monoisotopic (exact) mass is 311 g/mol. The highest BCUT2D eigenvalue weighted by atomic mass is 16.1. The third-order valence-electron chi connectivity index (χ3n) is 2.76. The van der Waals surface area contributed by atoms with Gasteiger partial charge in [0, 0.05) is 5.69 Å². The summed E-state index contributed by atoms with van der Waals surface area (Å²) in [6.45, 7) is 1.84. The van der Waals surface area contributed by atoms with E-state index in [2.05, 4.69) is 20.3 Å². The van der Waals surface area contributed by atoms with Crippen molar-refractivity contribution in [2.45, 2.75) is 6.92 Å². The Hall–Kier alpha value is -3.42. The Kier molecular flexibility index (Phi) is 4.88. The Morgan fingerprint density at radius 3 is 2.52 bits per heavy atom. The van der Waals surface area contributed by atoms with Gasteiger partial charge in [0.15, 0.2) is 5.96 Å². The Labute approximate surface area is 133 Å². The number of pyridine rings is 1. The van der Waals surface area contributed by atoms with Crippen molar-refractivity contribution < 1.29 is 4.79 Å². The second-order valence-electron chi connectivity index (χ2n) is 4.64. The average Bonchev–Trinajstić information content (AvgIpc) is 2.46. The van der Waals surface area contributed by atoms with Crippen molar-refractivity contribution in [2.75, 3.05) is 5.32 Å². The van der Waals surface area contributed by atoms with Crippen LogP contribution in [-0.4, -0.2) is 22.8 Å². The maximum Gasteiger partial charge on any atom is 0.259 e. The highest BCUT2D eigenvalue weighted by molar-refractivity contribution is 6.08. The summed E-state index contributed by atoms with van der Waals surface area (Å²) < 4.78 is 0. The summed E-state index contributed by atoms with van der Waals surface area (Å²) in [6, 6.07) is 12.0. The lowest BCUT2D eigenvalue weighted by Gasteiger charge is -2.07. The molecule has 0 spiro atoms. The van der Waals surface area contributed by atoms with Crippen molar-refractivity contribution in [3.05, 3.63) is 53.7 Å². The molecule has 8 nitrogen and oxygen atoms in total. The molecule has 1 heterocycles. The number of hydrogen-bond acceptors (Lipinski definition) is 3. The van der Waals surface area contributed by atoms with E-state index in [0.29, 0.717) is 17.1 Å². The van der Waals surface area contributed by atoms with Gasteiger partial charge in [-0.05, 0) is 31.2 Å². The van der Waals surface area contributed by atoms with Crippen LogP contribution in [0.15, 0.2) is 52.4 Å². The van der Waals surface area contributed by atoms with E-state index in [-0.39, 0.29) is 17.8 Å². The molecule has 0 radical (unpaired) electrons. The van der Waals surface area contributed by atoms with Gasteiger partial charge in [-0.3, -0.25) is 4.79 Å². The minimum atomic E-state index is -0.361. The molecular formula is C15H17N7O. The van der Waals surface area contributed by atoms with Gasteiger partial charge in [0.2, 0.25) is 5.96 Å². The smallest absolute Gasteiger partial charge is 0.259 e. The number of anilines is 1. The van der Waals surface area contributed by atoms with Crippen LogP contribution in [0.3, 0.4) is 0 Å². The summed E-state index contributed by atoms with van der Waals surface area (Å²) in [4.78, 5) is 24.3. The number of rotatable bonds is 3. The molecule has 2 rings (SSSR count). The fourth-order valence-corrected chi connectivity index (χ4v) is 1.84. The molecule has 0 saturated heterocycles. The minimum absolute atomic E-state index is 0.140. The number of benzene rings is 1. The van der Waals surface area contributed by atoms with E-state index in [0.717, 1.165) is 5.69 Å². The number of aryl methyl sites for hydroxylation is 1. The maximum atomic E-state index is 12.4. The molecule has 118 valence electrons.